The van der Waals surface area contributed by atoms with E-state index in [0.717, 1.165) is 24.9 Å². The zero-order valence-corrected chi connectivity index (χ0v) is 13.8. The van der Waals surface area contributed by atoms with Gasteiger partial charge in [0, 0.05) is 0 Å². The van der Waals surface area contributed by atoms with Crippen LogP contribution < -0.4 is 5.32 Å². The van der Waals surface area contributed by atoms with Crippen LogP contribution in [0.4, 0.5) is 0 Å². The number of piperidine rings is 1. The first kappa shape index (κ1) is 15.8. The van der Waals surface area contributed by atoms with E-state index < -0.39 is 0 Å². The highest BCUT2D eigenvalue weighted by Gasteiger charge is 2.26. The van der Waals surface area contributed by atoms with E-state index in [1.165, 1.54) is 5.56 Å². The van der Waals surface area contributed by atoms with Crippen LogP contribution in [0, 0.1) is 0 Å². The summed E-state index contributed by atoms with van der Waals surface area (Å²) in [6, 6.07) is 16.4. The number of hydrogen-bond donors (Lipinski definition) is 1. The minimum absolute atomic E-state index is 0.172. The molecule has 0 amide bonds. The molecule has 0 aromatic heterocycles. The normalized spacial score (nSPS) is 21.7. The smallest absolute Gasteiger partial charge is 0.0774 e. The summed E-state index contributed by atoms with van der Waals surface area (Å²) in [5.74, 6) is 0. The highest BCUT2D eigenvalue weighted by atomic mass is 35.5. The molecule has 116 valence electrons. The number of hydrogen-bond acceptors (Lipinski definition) is 2. The molecular formula is C18H19Cl2NO. The molecule has 0 saturated carbocycles. The first-order valence-electron chi connectivity index (χ1n) is 7.58. The summed E-state index contributed by atoms with van der Waals surface area (Å²) in [6.07, 6.45) is 2.37. The summed E-state index contributed by atoms with van der Waals surface area (Å²) in [6.45, 7) is 1.58. The van der Waals surface area contributed by atoms with E-state index in [1.54, 1.807) is 0 Å². The largest absolute Gasteiger partial charge is 0.372 e. The quantitative estimate of drug-likeness (QED) is 0.848. The maximum absolute atomic E-state index is 6.17. The third-order valence-electron chi connectivity index (χ3n) is 4.01. The van der Waals surface area contributed by atoms with Crippen molar-refractivity contribution in [2.75, 3.05) is 6.54 Å². The molecule has 2 aromatic carbocycles. The predicted octanol–water partition coefficient (Wildman–Crippen LogP) is 5.00. The first-order chi connectivity index (χ1) is 10.7. The summed E-state index contributed by atoms with van der Waals surface area (Å²) in [4.78, 5) is 0. The van der Waals surface area contributed by atoms with Crippen LogP contribution in [0.25, 0.3) is 0 Å². The summed E-state index contributed by atoms with van der Waals surface area (Å²) >= 11 is 12.0. The van der Waals surface area contributed by atoms with Crippen molar-refractivity contribution in [3.8, 4) is 0 Å². The fourth-order valence-corrected chi connectivity index (χ4v) is 3.18. The molecule has 1 N–H and O–H groups in total. The fourth-order valence-electron chi connectivity index (χ4n) is 2.86. The van der Waals surface area contributed by atoms with Gasteiger partial charge in [-0.3, -0.25) is 0 Å². The van der Waals surface area contributed by atoms with Gasteiger partial charge < -0.3 is 10.1 Å². The highest BCUT2D eigenvalue weighted by molar-refractivity contribution is 6.42. The lowest BCUT2D eigenvalue weighted by Gasteiger charge is -2.33. The Morgan fingerprint density at radius 3 is 2.64 bits per heavy atom. The Bertz CT molecular complexity index is 618. The molecule has 1 aliphatic heterocycles. The average Bonchev–Trinajstić information content (AvgIpc) is 2.57. The zero-order valence-electron chi connectivity index (χ0n) is 12.3. The van der Waals surface area contributed by atoms with E-state index in [2.05, 4.69) is 29.6 Å². The maximum atomic E-state index is 6.17. The van der Waals surface area contributed by atoms with Crippen molar-refractivity contribution in [2.45, 2.75) is 31.6 Å². The first-order valence-corrected chi connectivity index (χ1v) is 8.33. The number of rotatable bonds is 4. The second-order valence-corrected chi connectivity index (χ2v) is 6.40. The van der Waals surface area contributed by atoms with Crippen molar-refractivity contribution < 1.29 is 4.74 Å². The van der Waals surface area contributed by atoms with Gasteiger partial charge in [-0.05, 0) is 42.6 Å². The highest BCUT2D eigenvalue weighted by Crippen LogP contribution is 2.28. The van der Waals surface area contributed by atoms with Crippen LogP contribution in [-0.2, 0) is 11.3 Å². The molecule has 1 saturated heterocycles. The minimum atomic E-state index is 0.172. The Kier molecular flexibility index (Phi) is 5.37. The Morgan fingerprint density at radius 1 is 1.05 bits per heavy atom. The SMILES string of the molecule is Clc1ccc(CO[C@H]2CCCN[C@H]2c2ccccc2)cc1Cl. The summed E-state index contributed by atoms with van der Waals surface area (Å²) in [7, 11) is 0. The van der Waals surface area contributed by atoms with Crippen molar-refractivity contribution in [3.63, 3.8) is 0 Å². The minimum Gasteiger partial charge on any atom is -0.372 e. The molecular weight excluding hydrogens is 317 g/mol. The monoisotopic (exact) mass is 335 g/mol. The molecule has 0 bridgehead atoms. The van der Waals surface area contributed by atoms with Gasteiger partial charge in [-0.25, -0.2) is 0 Å². The third-order valence-corrected chi connectivity index (χ3v) is 4.75. The van der Waals surface area contributed by atoms with Crippen LogP contribution in [-0.4, -0.2) is 12.6 Å². The van der Waals surface area contributed by atoms with E-state index in [-0.39, 0.29) is 12.1 Å². The third kappa shape index (κ3) is 3.82. The van der Waals surface area contributed by atoms with Crippen molar-refractivity contribution in [2.24, 2.45) is 0 Å². The lowest BCUT2D eigenvalue weighted by molar-refractivity contribution is -0.00356. The van der Waals surface area contributed by atoms with Gasteiger partial charge in [-0.2, -0.15) is 0 Å². The van der Waals surface area contributed by atoms with E-state index >= 15 is 0 Å². The summed E-state index contributed by atoms with van der Waals surface area (Å²) in [5, 5.41) is 4.72. The molecule has 0 aliphatic carbocycles. The van der Waals surface area contributed by atoms with Gasteiger partial charge in [0.2, 0.25) is 0 Å². The molecule has 2 aromatic rings. The van der Waals surface area contributed by atoms with Crippen LogP contribution in [0.2, 0.25) is 10.0 Å². The molecule has 2 nitrogen and oxygen atoms in total. The van der Waals surface area contributed by atoms with Crippen LogP contribution in [0.1, 0.15) is 30.0 Å². The molecule has 0 unspecified atom stereocenters. The van der Waals surface area contributed by atoms with Gasteiger partial charge in [-0.1, -0.05) is 59.6 Å². The lowest BCUT2D eigenvalue weighted by Crippen LogP contribution is -2.39. The van der Waals surface area contributed by atoms with Gasteiger partial charge in [-0.15, -0.1) is 0 Å². The van der Waals surface area contributed by atoms with Crippen LogP contribution in [0.15, 0.2) is 48.5 Å². The van der Waals surface area contributed by atoms with Gasteiger partial charge in [0.25, 0.3) is 0 Å². The number of ether oxygens (including phenoxy) is 1. The van der Waals surface area contributed by atoms with Crippen molar-refractivity contribution in [1.29, 1.82) is 0 Å². The molecule has 1 heterocycles. The number of halogens is 2. The van der Waals surface area contributed by atoms with Crippen molar-refractivity contribution in [1.82, 2.24) is 5.32 Å². The Balaban J connectivity index is 1.68. The van der Waals surface area contributed by atoms with Gasteiger partial charge >= 0.3 is 0 Å². The van der Waals surface area contributed by atoms with Crippen molar-refractivity contribution >= 4 is 23.2 Å². The topological polar surface area (TPSA) is 21.3 Å². The molecule has 3 rings (SSSR count). The average molecular weight is 336 g/mol. The van der Waals surface area contributed by atoms with E-state index in [4.69, 9.17) is 27.9 Å². The van der Waals surface area contributed by atoms with Gasteiger partial charge in [0.05, 0.1) is 28.8 Å². The number of benzene rings is 2. The summed E-state index contributed by atoms with van der Waals surface area (Å²) in [5.41, 5.74) is 2.33. The van der Waals surface area contributed by atoms with Gasteiger partial charge in [0.15, 0.2) is 0 Å². The molecule has 2 atom stereocenters. The number of nitrogens with one attached hydrogen (secondary N) is 1. The maximum Gasteiger partial charge on any atom is 0.0774 e. The van der Waals surface area contributed by atoms with Crippen molar-refractivity contribution in [3.05, 3.63) is 69.7 Å². The zero-order chi connectivity index (χ0) is 15.4. The van der Waals surface area contributed by atoms with E-state index in [0.29, 0.717) is 16.7 Å². The second-order valence-electron chi connectivity index (χ2n) is 5.58. The lowest BCUT2D eigenvalue weighted by atomic mass is 9.94. The second kappa shape index (κ2) is 7.47. The fraction of sp³-hybridized carbons (Fsp3) is 0.333. The Hall–Kier alpha value is -1.06. The molecule has 4 heteroatoms. The predicted molar refractivity (Wildman–Crippen MR) is 91.5 cm³/mol. The molecule has 1 aliphatic rings. The Labute approximate surface area is 141 Å². The van der Waals surface area contributed by atoms with Gasteiger partial charge in [0.1, 0.15) is 0 Å². The van der Waals surface area contributed by atoms with Crippen LogP contribution in [0.5, 0.6) is 0 Å². The standard InChI is InChI=1S/C18H19Cl2NO/c19-15-9-8-13(11-16(15)20)12-22-17-7-4-10-21-18(17)14-5-2-1-3-6-14/h1-3,5-6,8-9,11,17-18,21H,4,7,10,12H2/t17-,18-/m0/s1. The van der Waals surface area contributed by atoms with Crippen LogP contribution >= 0.6 is 23.2 Å². The van der Waals surface area contributed by atoms with Crippen LogP contribution in [0.3, 0.4) is 0 Å². The molecule has 22 heavy (non-hydrogen) atoms. The molecule has 1 fully saturated rings. The summed E-state index contributed by atoms with van der Waals surface area (Å²) < 4.78 is 6.17. The molecule has 0 spiro atoms. The molecule has 0 radical (unpaired) electrons. The van der Waals surface area contributed by atoms with E-state index in [9.17, 15) is 0 Å². The Morgan fingerprint density at radius 2 is 1.86 bits per heavy atom. The van der Waals surface area contributed by atoms with E-state index in [1.807, 2.05) is 24.3 Å².